The number of rotatable bonds is 1. The highest BCUT2D eigenvalue weighted by atomic mass is 32.1. The Kier molecular flexibility index (Phi) is 23.9. The normalized spacial score (nSPS) is 6.00. The van der Waals surface area contributed by atoms with Crippen LogP contribution < -0.4 is 5.73 Å². The molecule has 0 atom stereocenters. The summed E-state index contributed by atoms with van der Waals surface area (Å²) in [6.07, 6.45) is 0. The smallest absolute Gasteiger partial charge is 0.196 e. The summed E-state index contributed by atoms with van der Waals surface area (Å²) in [5.74, 6) is 0.792. The van der Waals surface area contributed by atoms with Crippen LogP contribution in [-0.2, 0) is 11.5 Å². The molecule has 0 aromatic heterocycles. The number of hydrogen-bond donors (Lipinski definition) is 3. The van der Waals surface area contributed by atoms with E-state index in [1.165, 1.54) is 0 Å². The molecule has 0 radical (unpaired) electrons. The lowest BCUT2D eigenvalue weighted by atomic mass is 10.8. The van der Waals surface area contributed by atoms with Crippen LogP contribution >= 0.6 is 12.6 Å². The van der Waals surface area contributed by atoms with Crippen LogP contribution in [0.25, 0.3) is 0 Å². The number of nitrogens with one attached hydrogen (secondary N) is 1. The summed E-state index contributed by atoms with van der Waals surface area (Å²) in [7, 11) is 0. The minimum absolute atomic E-state index is 0.250. The Morgan fingerprint density at radius 3 is 2.00 bits per heavy atom. The minimum atomic E-state index is -0.250. The Morgan fingerprint density at radius 2 is 2.00 bits per heavy atom. The van der Waals surface area contributed by atoms with Gasteiger partial charge in [0.05, 0.1) is 0 Å². The van der Waals surface area contributed by atoms with Gasteiger partial charge in [-0.25, -0.2) is 4.78 Å². The molecule has 5 heteroatoms. The van der Waals surface area contributed by atoms with E-state index in [0.717, 1.165) is 5.75 Å². The second-order valence-electron chi connectivity index (χ2n) is 0.596. The Hall–Kier alpha value is 0.130. The fourth-order valence-corrected chi connectivity index (χ4v) is 0. The van der Waals surface area contributed by atoms with Gasteiger partial charge in [-0.05, 0) is 0 Å². The zero-order valence-corrected chi connectivity index (χ0v) is 5.47. The number of thiol groups is 1. The van der Waals surface area contributed by atoms with Crippen LogP contribution in [0.3, 0.4) is 0 Å². The third kappa shape index (κ3) is 81.9. The van der Waals surface area contributed by atoms with Crippen LogP contribution in [-0.4, -0.2) is 16.5 Å². The van der Waals surface area contributed by atoms with Gasteiger partial charge in [0.25, 0.3) is 0 Å². The van der Waals surface area contributed by atoms with Crippen molar-refractivity contribution in [2.24, 2.45) is 5.73 Å². The predicted molar refractivity (Wildman–Crippen MR) is 33.8 cm³/mol. The summed E-state index contributed by atoms with van der Waals surface area (Å²) in [6, 6.07) is 0. The van der Waals surface area contributed by atoms with Crippen molar-refractivity contribution in [3.63, 3.8) is 0 Å². The molecule has 0 heterocycles. The van der Waals surface area contributed by atoms with Gasteiger partial charge >= 0.3 is 0 Å². The molecule has 0 aromatic rings. The summed E-state index contributed by atoms with van der Waals surface area (Å²) in [5, 5.41) is 0. The highest BCUT2D eigenvalue weighted by Crippen LogP contribution is 1.58. The van der Waals surface area contributed by atoms with Crippen molar-refractivity contribution in [2.45, 2.75) is 0 Å². The first-order chi connectivity index (χ1) is 3.33. The van der Waals surface area contributed by atoms with Crippen molar-refractivity contribution >= 4 is 24.1 Å². The standard InChI is InChI=1S/C2H7NS.HNOS/c3-1-2-4;1-3-2/h4H,1-3H2;1H. The molecular formula is C2H8N2OS2. The van der Waals surface area contributed by atoms with E-state index in [1.54, 1.807) is 0 Å². The van der Waals surface area contributed by atoms with E-state index in [9.17, 15) is 0 Å². The Balaban J connectivity index is 0. The summed E-state index contributed by atoms with van der Waals surface area (Å²) in [4.78, 5) is 0. The van der Waals surface area contributed by atoms with E-state index >= 15 is 0 Å². The van der Waals surface area contributed by atoms with Gasteiger partial charge in [0, 0.05) is 12.3 Å². The maximum Gasteiger partial charge on any atom is 0.196 e. The molecule has 0 bridgehead atoms. The van der Waals surface area contributed by atoms with Crippen molar-refractivity contribution in [3.8, 4) is 0 Å². The van der Waals surface area contributed by atoms with Crippen LogP contribution in [0, 0.1) is 4.78 Å². The highest BCUT2D eigenvalue weighted by molar-refractivity contribution is 7.80. The van der Waals surface area contributed by atoms with Crippen molar-refractivity contribution in [1.82, 2.24) is 0 Å². The highest BCUT2D eigenvalue weighted by Gasteiger charge is 1.56. The molecule has 7 heavy (non-hydrogen) atoms. The SMILES string of the molecule is N=S=O.NCCS. The van der Waals surface area contributed by atoms with E-state index in [4.69, 9.17) is 14.7 Å². The summed E-state index contributed by atoms with van der Waals surface area (Å²) < 4.78 is 14.1. The van der Waals surface area contributed by atoms with Crippen LogP contribution in [0.5, 0.6) is 0 Å². The maximum atomic E-state index is 8.51. The molecule has 0 aliphatic carbocycles. The van der Waals surface area contributed by atoms with Crippen LogP contribution in [0.4, 0.5) is 0 Å². The van der Waals surface area contributed by atoms with Crippen molar-refractivity contribution in [2.75, 3.05) is 12.3 Å². The van der Waals surface area contributed by atoms with E-state index in [0.29, 0.717) is 6.54 Å². The van der Waals surface area contributed by atoms with Gasteiger partial charge in [0.15, 0.2) is 11.5 Å². The zero-order valence-electron chi connectivity index (χ0n) is 3.76. The molecule has 0 aliphatic rings. The fraction of sp³-hybridized carbons (Fsp3) is 1.00. The van der Waals surface area contributed by atoms with E-state index in [1.807, 2.05) is 0 Å². The Morgan fingerprint density at radius 1 is 1.86 bits per heavy atom. The third-order valence-electron chi connectivity index (χ3n) is 0.129. The zero-order chi connectivity index (χ0) is 6.12. The molecule has 0 saturated heterocycles. The lowest BCUT2D eigenvalue weighted by Gasteiger charge is -1.69. The lowest BCUT2D eigenvalue weighted by molar-refractivity contribution is 0.697. The van der Waals surface area contributed by atoms with Gasteiger partial charge < -0.3 is 5.73 Å². The fourth-order valence-electron chi connectivity index (χ4n) is 0. The monoisotopic (exact) mass is 140 g/mol. The Bertz CT molecular complexity index is 49.7. The van der Waals surface area contributed by atoms with Gasteiger partial charge in [0.1, 0.15) is 0 Å². The van der Waals surface area contributed by atoms with Gasteiger partial charge in [0.2, 0.25) is 0 Å². The molecule has 0 fully saturated rings. The maximum absolute atomic E-state index is 8.51. The molecule has 3 nitrogen and oxygen atoms in total. The van der Waals surface area contributed by atoms with Crippen molar-refractivity contribution in [3.05, 3.63) is 0 Å². The van der Waals surface area contributed by atoms with Crippen LogP contribution in [0.2, 0.25) is 0 Å². The van der Waals surface area contributed by atoms with E-state index < -0.39 is 0 Å². The molecular weight excluding hydrogens is 132 g/mol. The number of nitrogens with two attached hydrogens (primary N) is 1. The summed E-state index contributed by atoms with van der Waals surface area (Å²) in [6.45, 7) is 0.684. The van der Waals surface area contributed by atoms with Crippen LogP contribution in [0.1, 0.15) is 0 Å². The predicted octanol–water partition coefficient (Wildman–Crippen LogP) is -0.163. The molecule has 0 unspecified atom stereocenters. The largest absolute Gasteiger partial charge is 0.330 e. The molecule has 0 saturated carbocycles. The van der Waals surface area contributed by atoms with Gasteiger partial charge in [-0.1, -0.05) is 0 Å². The lowest BCUT2D eigenvalue weighted by Crippen LogP contribution is -1.97. The average molecular weight is 140 g/mol. The van der Waals surface area contributed by atoms with Crippen molar-refractivity contribution in [1.29, 1.82) is 4.78 Å². The Labute approximate surface area is 51.7 Å². The van der Waals surface area contributed by atoms with Crippen LogP contribution in [0.15, 0.2) is 0 Å². The molecule has 0 spiro atoms. The molecule has 0 aliphatic heterocycles. The van der Waals surface area contributed by atoms with Crippen molar-refractivity contribution < 1.29 is 4.21 Å². The second kappa shape index (κ2) is 16.5. The molecule has 0 rings (SSSR count). The van der Waals surface area contributed by atoms with Gasteiger partial charge in [-0.3, -0.25) is 0 Å². The van der Waals surface area contributed by atoms with Gasteiger partial charge in [-0.2, -0.15) is 16.8 Å². The van der Waals surface area contributed by atoms with E-state index in [2.05, 4.69) is 12.6 Å². The molecule has 0 aromatic carbocycles. The molecule has 0 amide bonds. The first-order valence-corrected chi connectivity index (χ1v) is 2.97. The molecule has 3 N–H and O–H groups in total. The average Bonchev–Trinajstić information content (AvgIpc) is 1.69. The first kappa shape index (κ1) is 10.2. The quantitative estimate of drug-likeness (QED) is 0.443. The second-order valence-corrected chi connectivity index (χ2v) is 1.21. The summed E-state index contributed by atoms with van der Waals surface area (Å²) in [5.41, 5.74) is 4.95. The third-order valence-corrected chi connectivity index (χ3v) is 0.387. The van der Waals surface area contributed by atoms with E-state index in [-0.39, 0.29) is 11.5 Å². The first-order valence-electron chi connectivity index (χ1n) is 1.60. The van der Waals surface area contributed by atoms with Gasteiger partial charge in [-0.15, -0.1) is 0 Å². The topological polar surface area (TPSA) is 66.9 Å². The molecule has 44 valence electrons. The number of hydrogen-bond acceptors (Lipinski definition) is 4. The minimum Gasteiger partial charge on any atom is -0.330 e. The summed E-state index contributed by atoms with van der Waals surface area (Å²) >= 11 is 3.55.